The zero-order valence-electron chi connectivity index (χ0n) is 21.7. The van der Waals surface area contributed by atoms with Crippen LogP contribution in [0.5, 0.6) is 0 Å². The summed E-state index contributed by atoms with van der Waals surface area (Å²) in [5.74, 6) is 0.227. The second kappa shape index (κ2) is 9.73. The first-order chi connectivity index (χ1) is 17.5. The fourth-order valence-corrected chi connectivity index (χ4v) is 6.84. The van der Waals surface area contributed by atoms with Crippen molar-refractivity contribution >= 4 is 5.91 Å². The maximum atomic E-state index is 14.0. The largest absolute Gasteiger partial charge is 0.416 e. The molecule has 4 nitrogen and oxygen atoms in total. The first-order valence-electron chi connectivity index (χ1n) is 13.5. The average molecular weight is 515 g/mol. The van der Waals surface area contributed by atoms with E-state index in [1.54, 1.807) is 11.0 Å². The van der Waals surface area contributed by atoms with E-state index in [4.69, 9.17) is 0 Å². The van der Waals surface area contributed by atoms with Crippen molar-refractivity contribution < 1.29 is 23.1 Å². The summed E-state index contributed by atoms with van der Waals surface area (Å²) in [5.41, 5.74) is 0.514. The summed E-state index contributed by atoms with van der Waals surface area (Å²) in [7, 11) is 0. The fourth-order valence-electron chi connectivity index (χ4n) is 6.84. The lowest BCUT2D eigenvalue weighted by molar-refractivity contribution is -0.146. The van der Waals surface area contributed by atoms with Crippen molar-refractivity contribution in [3.05, 3.63) is 70.8 Å². The van der Waals surface area contributed by atoms with Crippen LogP contribution < -0.4 is 0 Å². The number of amides is 1. The minimum absolute atomic E-state index is 0.0888. The third kappa shape index (κ3) is 4.92. The van der Waals surface area contributed by atoms with E-state index in [2.05, 4.69) is 18.7 Å². The molecule has 2 heterocycles. The molecule has 200 valence electrons. The molecule has 5 rings (SSSR count). The number of carbonyl (C=O) groups excluding carboxylic acids is 1. The smallest absolute Gasteiger partial charge is 0.385 e. The van der Waals surface area contributed by atoms with Crippen LogP contribution in [0.4, 0.5) is 13.2 Å². The summed E-state index contributed by atoms with van der Waals surface area (Å²) in [6.45, 7) is 6.56. The van der Waals surface area contributed by atoms with Crippen LogP contribution in [0.2, 0.25) is 0 Å². The molecule has 0 spiro atoms. The van der Waals surface area contributed by atoms with Gasteiger partial charge in [0.1, 0.15) is 0 Å². The van der Waals surface area contributed by atoms with Crippen LogP contribution in [-0.2, 0) is 29.5 Å². The van der Waals surface area contributed by atoms with Gasteiger partial charge < -0.3 is 14.9 Å². The van der Waals surface area contributed by atoms with Gasteiger partial charge in [-0.25, -0.2) is 0 Å². The standard InChI is InChI=1S/C30H37F3N2O2/c1-21(2)28(27(36)35-15-11-22-8-9-25(30(31,32)33)18-23(22)20-35)12-10-26(19-28)34-16-13-29(37,14-17-34)24-6-4-3-5-7-24/h3-9,18,21,26,37H,10-17,19-20H2,1-2H3. The van der Waals surface area contributed by atoms with Crippen molar-refractivity contribution in [3.8, 4) is 0 Å². The van der Waals surface area contributed by atoms with E-state index in [1.165, 1.54) is 6.07 Å². The molecule has 37 heavy (non-hydrogen) atoms. The molecule has 3 aliphatic rings. The van der Waals surface area contributed by atoms with E-state index in [1.807, 2.05) is 30.3 Å². The molecular formula is C30H37F3N2O2. The second-order valence-corrected chi connectivity index (χ2v) is 11.6. The molecule has 1 amide bonds. The van der Waals surface area contributed by atoms with Gasteiger partial charge in [0, 0.05) is 32.2 Å². The van der Waals surface area contributed by atoms with Gasteiger partial charge >= 0.3 is 6.18 Å². The Morgan fingerprint density at radius 1 is 1.00 bits per heavy atom. The molecule has 0 aromatic heterocycles. The van der Waals surface area contributed by atoms with Crippen molar-refractivity contribution in [1.82, 2.24) is 9.80 Å². The van der Waals surface area contributed by atoms with Gasteiger partial charge in [0.15, 0.2) is 0 Å². The highest BCUT2D eigenvalue weighted by molar-refractivity contribution is 5.84. The van der Waals surface area contributed by atoms with Crippen molar-refractivity contribution in [2.75, 3.05) is 19.6 Å². The number of benzene rings is 2. The van der Waals surface area contributed by atoms with E-state index < -0.39 is 22.8 Å². The normalized spacial score (nSPS) is 26.4. The maximum Gasteiger partial charge on any atom is 0.416 e. The highest BCUT2D eigenvalue weighted by Gasteiger charge is 2.51. The van der Waals surface area contributed by atoms with Gasteiger partial charge in [-0.3, -0.25) is 4.79 Å². The minimum atomic E-state index is -4.39. The SMILES string of the molecule is CC(C)C1(C(=O)N2CCc3ccc(C(F)(F)F)cc3C2)CCC(N2CCC(O)(c3ccccc3)CC2)C1. The number of halogens is 3. The molecule has 1 saturated carbocycles. The van der Waals surface area contributed by atoms with Gasteiger partial charge in [-0.1, -0.05) is 50.2 Å². The van der Waals surface area contributed by atoms with Crippen LogP contribution in [-0.4, -0.2) is 46.5 Å². The lowest BCUT2D eigenvalue weighted by Gasteiger charge is -2.43. The van der Waals surface area contributed by atoms with E-state index in [9.17, 15) is 23.1 Å². The van der Waals surface area contributed by atoms with Gasteiger partial charge in [0.2, 0.25) is 5.91 Å². The summed E-state index contributed by atoms with van der Waals surface area (Å²) in [6.07, 6.45) is 0.0115. The Morgan fingerprint density at radius 3 is 2.35 bits per heavy atom. The third-order valence-corrected chi connectivity index (χ3v) is 9.34. The molecule has 2 aliphatic heterocycles. The average Bonchev–Trinajstić information content (AvgIpc) is 3.35. The Hall–Kier alpha value is -2.38. The Morgan fingerprint density at radius 2 is 1.70 bits per heavy atom. The van der Waals surface area contributed by atoms with Gasteiger partial charge in [0.25, 0.3) is 0 Å². The third-order valence-electron chi connectivity index (χ3n) is 9.34. The summed E-state index contributed by atoms with van der Waals surface area (Å²) in [5, 5.41) is 11.2. The molecule has 1 N–H and O–H groups in total. The number of carbonyl (C=O) groups is 1. The first kappa shape index (κ1) is 26.2. The van der Waals surface area contributed by atoms with E-state index >= 15 is 0 Å². The number of rotatable bonds is 4. The molecule has 1 saturated heterocycles. The Kier molecular flexibility index (Phi) is 6.90. The Balaban J connectivity index is 1.28. The maximum absolute atomic E-state index is 14.0. The molecule has 2 aromatic carbocycles. The number of hydrogen-bond acceptors (Lipinski definition) is 3. The van der Waals surface area contributed by atoms with Crippen molar-refractivity contribution in [2.24, 2.45) is 11.3 Å². The molecule has 2 fully saturated rings. The van der Waals surface area contributed by atoms with E-state index in [0.29, 0.717) is 31.4 Å². The zero-order valence-corrected chi connectivity index (χ0v) is 21.7. The lowest BCUT2D eigenvalue weighted by Crippen LogP contribution is -2.50. The lowest BCUT2D eigenvalue weighted by atomic mass is 9.73. The van der Waals surface area contributed by atoms with Crippen molar-refractivity contribution in [1.29, 1.82) is 0 Å². The monoisotopic (exact) mass is 514 g/mol. The van der Waals surface area contributed by atoms with Crippen LogP contribution in [0.15, 0.2) is 48.5 Å². The van der Waals surface area contributed by atoms with Gasteiger partial charge in [-0.2, -0.15) is 13.2 Å². The van der Waals surface area contributed by atoms with Crippen LogP contribution >= 0.6 is 0 Å². The van der Waals surface area contributed by atoms with Gasteiger partial charge in [-0.05, 0) is 73.3 Å². The number of nitrogens with zero attached hydrogens (tertiary/aromatic N) is 2. The molecule has 2 aromatic rings. The van der Waals surface area contributed by atoms with Crippen LogP contribution in [0.3, 0.4) is 0 Å². The molecular weight excluding hydrogens is 477 g/mol. The predicted molar refractivity (Wildman–Crippen MR) is 137 cm³/mol. The highest BCUT2D eigenvalue weighted by Crippen LogP contribution is 2.49. The minimum Gasteiger partial charge on any atom is -0.385 e. The number of piperidine rings is 1. The van der Waals surface area contributed by atoms with Crippen molar-refractivity contribution in [2.45, 2.75) is 76.7 Å². The van der Waals surface area contributed by atoms with E-state index in [-0.39, 0.29) is 24.4 Å². The first-order valence-corrected chi connectivity index (χ1v) is 13.5. The van der Waals surface area contributed by atoms with E-state index in [0.717, 1.165) is 49.5 Å². The predicted octanol–water partition coefficient (Wildman–Crippen LogP) is 5.77. The van der Waals surface area contributed by atoms with Crippen molar-refractivity contribution in [3.63, 3.8) is 0 Å². The van der Waals surface area contributed by atoms with Gasteiger partial charge in [0.05, 0.1) is 16.6 Å². The number of aliphatic hydroxyl groups is 1. The number of fused-ring (bicyclic) bond motifs is 1. The summed E-state index contributed by atoms with van der Waals surface area (Å²) in [4.78, 5) is 18.3. The highest BCUT2D eigenvalue weighted by atomic mass is 19.4. The molecule has 0 radical (unpaired) electrons. The molecule has 2 atom stereocenters. The molecule has 7 heteroatoms. The van der Waals surface area contributed by atoms with Crippen LogP contribution in [0.1, 0.15) is 68.2 Å². The van der Waals surface area contributed by atoms with Gasteiger partial charge in [-0.15, -0.1) is 0 Å². The Labute approximate surface area is 217 Å². The molecule has 0 bridgehead atoms. The van der Waals surface area contributed by atoms with Crippen LogP contribution in [0, 0.1) is 11.3 Å². The number of alkyl halides is 3. The molecule has 2 unspecified atom stereocenters. The fraction of sp³-hybridized carbons (Fsp3) is 0.567. The summed E-state index contributed by atoms with van der Waals surface area (Å²) >= 11 is 0. The zero-order chi connectivity index (χ0) is 26.4. The second-order valence-electron chi connectivity index (χ2n) is 11.6. The topological polar surface area (TPSA) is 43.8 Å². The summed E-state index contributed by atoms with van der Waals surface area (Å²) < 4.78 is 39.9. The number of likely N-dealkylation sites (tertiary alicyclic amines) is 1. The Bertz CT molecular complexity index is 1130. The molecule has 1 aliphatic carbocycles. The quantitative estimate of drug-likeness (QED) is 0.564. The van der Waals surface area contributed by atoms with Crippen LogP contribution in [0.25, 0.3) is 0 Å². The number of hydrogen-bond donors (Lipinski definition) is 1. The summed E-state index contributed by atoms with van der Waals surface area (Å²) in [6, 6.07) is 14.1.